The minimum atomic E-state index is -0.575. The summed E-state index contributed by atoms with van der Waals surface area (Å²) in [6.45, 7) is 4.25. The number of ether oxygens (including phenoxy) is 1. The number of pyridine rings is 1. The van der Waals surface area contributed by atoms with Crippen LogP contribution in [0, 0.1) is 0 Å². The summed E-state index contributed by atoms with van der Waals surface area (Å²) < 4.78 is 8.31. The molecule has 35 heavy (non-hydrogen) atoms. The lowest BCUT2D eigenvalue weighted by atomic mass is 10.0. The van der Waals surface area contributed by atoms with E-state index < -0.39 is 11.1 Å². The van der Waals surface area contributed by atoms with Gasteiger partial charge in [-0.15, -0.1) is 0 Å². The second-order valence-corrected chi connectivity index (χ2v) is 9.79. The molecule has 0 aromatic carbocycles. The Morgan fingerprint density at radius 2 is 1.66 bits per heavy atom. The molecule has 0 atom stereocenters. The van der Waals surface area contributed by atoms with Crippen molar-refractivity contribution in [3.05, 3.63) is 56.0 Å². The van der Waals surface area contributed by atoms with E-state index in [1.807, 2.05) is 12.4 Å². The average molecular weight is 500 g/mol. The summed E-state index contributed by atoms with van der Waals surface area (Å²) in [4.78, 5) is 43.6. The Hall–Kier alpha value is -2.82. The summed E-state index contributed by atoms with van der Waals surface area (Å²) in [7, 11) is 3.35. The van der Waals surface area contributed by atoms with Gasteiger partial charge in [0.15, 0.2) is 5.65 Å². The Morgan fingerprint density at radius 3 is 2.31 bits per heavy atom. The molecule has 5 heterocycles. The molecule has 0 radical (unpaired) electrons. The number of piperidine rings is 2. The van der Waals surface area contributed by atoms with E-state index in [0.717, 1.165) is 38.0 Å². The molecule has 2 aliphatic rings. The summed E-state index contributed by atoms with van der Waals surface area (Å²) in [6.07, 6.45) is 9.17. The Labute approximate surface area is 208 Å². The monoisotopic (exact) mass is 499 g/mol. The number of rotatable bonds is 5. The van der Waals surface area contributed by atoms with Gasteiger partial charge in [0.2, 0.25) is 5.95 Å². The van der Waals surface area contributed by atoms with E-state index in [1.165, 1.54) is 10.8 Å². The maximum atomic E-state index is 12.9. The molecule has 2 aliphatic heterocycles. The molecule has 186 valence electrons. The van der Waals surface area contributed by atoms with Gasteiger partial charge in [0, 0.05) is 77.1 Å². The van der Waals surface area contributed by atoms with Crippen molar-refractivity contribution in [2.24, 2.45) is 7.05 Å². The predicted molar refractivity (Wildman–Crippen MR) is 134 cm³/mol. The number of fused-ring (bicyclic) bond motifs is 1. The van der Waals surface area contributed by atoms with E-state index in [9.17, 15) is 9.59 Å². The van der Waals surface area contributed by atoms with Crippen LogP contribution in [0.2, 0.25) is 5.02 Å². The van der Waals surface area contributed by atoms with Crippen LogP contribution in [0.25, 0.3) is 11.2 Å². The van der Waals surface area contributed by atoms with Gasteiger partial charge in [-0.3, -0.25) is 19.1 Å². The fraction of sp³-hybridized carbons (Fsp3) is 0.542. The minimum Gasteiger partial charge on any atom is -0.381 e. The first-order valence-corrected chi connectivity index (χ1v) is 12.4. The van der Waals surface area contributed by atoms with Crippen LogP contribution in [0.4, 0.5) is 5.95 Å². The van der Waals surface area contributed by atoms with Gasteiger partial charge in [0.25, 0.3) is 0 Å². The molecule has 0 spiro atoms. The van der Waals surface area contributed by atoms with Crippen LogP contribution in [0.1, 0.15) is 37.3 Å². The molecule has 3 aromatic heterocycles. The number of likely N-dealkylation sites (tertiary alicyclic amines) is 1. The standard InChI is InChI=1S/C24H30ClN7O3/c1-29-20-11-17(25)14-26-21(20)32(23(34)22(29)33)18-3-9-31(10-4-18)24-27-12-16(13-28-24)15-30-7-5-19(35-2)6-8-30/h11-14,18-19H,3-10,15H2,1-2H3. The minimum absolute atomic E-state index is 0.127. The lowest BCUT2D eigenvalue weighted by Crippen LogP contribution is -2.45. The van der Waals surface area contributed by atoms with Crippen LogP contribution in [-0.2, 0) is 18.3 Å². The third-order valence-electron chi connectivity index (χ3n) is 7.19. The lowest BCUT2D eigenvalue weighted by Gasteiger charge is -2.33. The predicted octanol–water partition coefficient (Wildman–Crippen LogP) is 1.99. The fourth-order valence-electron chi connectivity index (χ4n) is 5.12. The number of halogens is 1. The van der Waals surface area contributed by atoms with Crippen LogP contribution in [0.3, 0.4) is 0 Å². The summed E-state index contributed by atoms with van der Waals surface area (Å²) in [5.74, 6) is 0.691. The highest BCUT2D eigenvalue weighted by Crippen LogP contribution is 2.26. The van der Waals surface area contributed by atoms with E-state index in [2.05, 4.69) is 24.8 Å². The van der Waals surface area contributed by atoms with E-state index >= 15 is 0 Å². The molecule has 10 nitrogen and oxygen atoms in total. The highest BCUT2D eigenvalue weighted by Gasteiger charge is 2.26. The van der Waals surface area contributed by atoms with Crippen molar-refractivity contribution in [1.82, 2.24) is 29.0 Å². The number of aromatic nitrogens is 5. The van der Waals surface area contributed by atoms with Crippen molar-refractivity contribution in [3.8, 4) is 0 Å². The molecule has 0 saturated carbocycles. The first-order chi connectivity index (χ1) is 16.9. The smallest absolute Gasteiger partial charge is 0.318 e. The molecule has 2 saturated heterocycles. The van der Waals surface area contributed by atoms with Crippen LogP contribution in [0.15, 0.2) is 34.2 Å². The molecular weight excluding hydrogens is 470 g/mol. The number of hydrogen-bond acceptors (Lipinski definition) is 8. The normalized spacial score (nSPS) is 18.4. The van der Waals surface area contributed by atoms with Gasteiger partial charge in [-0.05, 0) is 31.7 Å². The SMILES string of the molecule is COC1CCN(Cc2cnc(N3CCC(n4c(=O)c(=O)n(C)c5cc(Cl)cnc54)CC3)nc2)CC1. The second kappa shape index (κ2) is 10.0. The molecular formula is C24H30ClN7O3. The van der Waals surface area contributed by atoms with Gasteiger partial charge in [-0.25, -0.2) is 15.0 Å². The molecule has 0 bridgehead atoms. The van der Waals surface area contributed by atoms with E-state index in [4.69, 9.17) is 16.3 Å². The summed E-state index contributed by atoms with van der Waals surface area (Å²) in [5.41, 5.74) is 1.00. The number of aryl methyl sites for hydroxylation is 1. The van der Waals surface area contributed by atoms with Crippen molar-refractivity contribution in [1.29, 1.82) is 0 Å². The Kier molecular flexibility index (Phi) is 6.86. The van der Waals surface area contributed by atoms with Gasteiger partial charge in [0.05, 0.1) is 16.6 Å². The number of nitrogens with zero attached hydrogens (tertiary/aromatic N) is 7. The van der Waals surface area contributed by atoms with Crippen molar-refractivity contribution in [3.63, 3.8) is 0 Å². The van der Waals surface area contributed by atoms with E-state index in [0.29, 0.717) is 54.2 Å². The van der Waals surface area contributed by atoms with Gasteiger partial charge >= 0.3 is 11.1 Å². The number of methoxy groups -OCH3 is 1. The Bertz CT molecular complexity index is 1310. The summed E-state index contributed by atoms with van der Waals surface area (Å²) in [5, 5.41) is 0.424. The fourth-order valence-corrected chi connectivity index (χ4v) is 5.28. The van der Waals surface area contributed by atoms with Crippen LogP contribution >= 0.6 is 11.6 Å². The molecule has 0 aliphatic carbocycles. The van der Waals surface area contributed by atoms with Crippen molar-refractivity contribution < 1.29 is 4.74 Å². The van der Waals surface area contributed by atoms with Crippen LogP contribution in [-0.4, -0.2) is 68.4 Å². The zero-order valence-corrected chi connectivity index (χ0v) is 20.8. The molecule has 3 aromatic rings. The van der Waals surface area contributed by atoms with Crippen LogP contribution in [0.5, 0.6) is 0 Å². The van der Waals surface area contributed by atoms with Gasteiger partial charge in [-0.1, -0.05) is 11.6 Å². The van der Waals surface area contributed by atoms with Gasteiger partial charge in [-0.2, -0.15) is 0 Å². The maximum Gasteiger partial charge on any atom is 0.318 e. The zero-order valence-electron chi connectivity index (χ0n) is 20.1. The summed E-state index contributed by atoms with van der Waals surface area (Å²) in [6, 6.07) is 1.55. The van der Waals surface area contributed by atoms with Crippen molar-refractivity contribution in [2.75, 3.05) is 38.2 Å². The Balaban J connectivity index is 1.26. The zero-order chi connectivity index (χ0) is 24.5. The third-order valence-corrected chi connectivity index (χ3v) is 7.39. The highest BCUT2D eigenvalue weighted by atomic mass is 35.5. The molecule has 0 N–H and O–H groups in total. The molecule has 0 amide bonds. The number of hydrogen-bond donors (Lipinski definition) is 0. The summed E-state index contributed by atoms with van der Waals surface area (Å²) >= 11 is 6.09. The molecule has 5 rings (SSSR count). The topological polar surface area (TPSA) is 98.4 Å². The van der Waals surface area contributed by atoms with Gasteiger partial charge < -0.3 is 14.2 Å². The first-order valence-electron chi connectivity index (χ1n) is 12.0. The highest BCUT2D eigenvalue weighted by molar-refractivity contribution is 6.31. The van der Waals surface area contributed by atoms with Gasteiger partial charge in [0.1, 0.15) is 0 Å². The largest absolute Gasteiger partial charge is 0.381 e. The quantitative estimate of drug-likeness (QED) is 0.491. The molecule has 2 fully saturated rings. The van der Waals surface area contributed by atoms with E-state index in [1.54, 1.807) is 24.8 Å². The van der Waals surface area contributed by atoms with Crippen LogP contribution < -0.4 is 16.0 Å². The molecule has 11 heteroatoms. The first kappa shape index (κ1) is 23.9. The van der Waals surface area contributed by atoms with Crippen molar-refractivity contribution >= 4 is 28.7 Å². The lowest BCUT2D eigenvalue weighted by molar-refractivity contribution is 0.0388. The second-order valence-electron chi connectivity index (χ2n) is 9.36. The third kappa shape index (κ3) is 4.82. The van der Waals surface area contributed by atoms with Crippen molar-refractivity contribution in [2.45, 2.75) is 44.4 Å². The molecule has 0 unspecified atom stereocenters. The van der Waals surface area contributed by atoms with E-state index in [-0.39, 0.29) is 6.04 Å². The Morgan fingerprint density at radius 1 is 0.971 bits per heavy atom. The maximum absolute atomic E-state index is 12.9. The average Bonchev–Trinajstić information content (AvgIpc) is 2.89. The number of anilines is 1.